The summed E-state index contributed by atoms with van der Waals surface area (Å²) in [6, 6.07) is 5.77. The number of benzene rings is 1. The topological polar surface area (TPSA) is 22.0 Å². The van der Waals surface area contributed by atoms with Crippen molar-refractivity contribution in [2.45, 2.75) is 26.7 Å². The molecule has 4 heteroatoms. The molecule has 20 heavy (non-hydrogen) atoms. The van der Waals surface area contributed by atoms with Crippen molar-refractivity contribution in [2.24, 2.45) is 5.41 Å². The number of aromatic nitrogens is 1. The zero-order chi connectivity index (χ0) is 14.5. The second-order valence-electron chi connectivity index (χ2n) is 6.06. The minimum absolute atomic E-state index is 0.0619. The van der Waals surface area contributed by atoms with Crippen LogP contribution in [-0.2, 0) is 6.42 Å². The van der Waals surface area contributed by atoms with Crippen molar-refractivity contribution < 1.29 is 13.6 Å². The van der Waals surface area contributed by atoms with Crippen LogP contribution in [0.4, 0.5) is 8.78 Å². The second kappa shape index (κ2) is 4.27. The Morgan fingerprint density at radius 3 is 2.65 bits per heavy atom. The molecule has 0 spiro atoms. The van der Waals surface area contributed by atoms with Crippen LogP contribution >= 0.6 is 0 Å². The Bertz CT molecular complexity index is 700. The summed E-state index contributed by atoms with van der Waals surface area (Å²) >= 11 is 0. The smallest absolute Gasteiger partial charge is 0.182 e. The van der Waals surface area contributed by atoms with E-state index < -0.39 is 11.6 Å². The number of ketones is 1. The quantitative estimate of drug-likeness (QED) is 0.773. The van der Waals surface area contributed by atoms with E-state index in [4.69, 9.17) is 0 Å². The molecule has 3 rings (SSSR count). The molecular weight excluding hydrogens is 260 g/mol. The van der Waals surface area contributed by atoms with Gasteiger partial charge in [-0.05, 0) is 30.0 Å². The van der Waals surface area contributed by atoms with Crippen molar-refractivity contribution in [1.29, 1.82) is 0 Å². The monoisotopic (exact) mass is 275 g/mol. The fourth-order valence-corrected chi connectivity index (χ4v) is 2.85. The lowest BCUT2D eigenvalue weighted by molar-refractivity contribution is 0.0911. The highest BCUT2D eigenvalue weighted by Crippen LogP contribution is 2.36. The summed E-state index contributed by atoms with van der Waals surface area (Å²) in [7, 11) is 0. The third-order valence-electron chi connectivity index (χ3n) is 3.77. The summed E-state index contributed by atoms with van der Waals surface area (Å²) in [4.78, 5) is 12.1. The molecule has 0 radical (unpaired) electrons. The lowest BCUT2D eigenvalue weighted by Crippen LogP contribution is -2.27. The standard InChI is InChI=1S/C16H15F2NO/c1-16(2)8-13-10(14(20)9-16)6-7-19(13)12-5-3-4-11(17)15(12)18/h3-7H,8-9H2,1-2H3. The first-order valence-electron chi connectivity index (χ1n) is 6.57. The number of carbonyl (C=O) groups is 1. The largest absolute Gasteiger partial charge is 0.317 e. The maximum absolute atomic E-state index is 13.9. The van der Waals surface area contributed by atoms with Crippen LogP contribution < -0.4 is 0 Å². The van der Waals surface area contributed by atoms with E-state index in [0.717, 1.165) is 11.8 Å². The van der Waals surface area contributed by atoms with Gasteiger partial charge in [0.05, 0.1) is 5.69 Å². The maximum atomic E-state index is 13.9. The van der Waals surface area contributed by atoms with Gasteiger partial charge >= 0.3 is 0 Å². The molecule has 0 aliphatic heterocycles. The van der Waals surface area contributed by atoms with E-state index in [1.54, 1.807) is 16.8 Å². The Hall–Kier alpha value is -1.97. The normalized spacial score (nSPS) is 17.1. The number of hydrogen-bond donors (Lipinski definition) is 0. The minimum Gasteiger partial charge on any atom is -0.317 e. The van der Waals surface area contributed by atoms with Crippen LogP contribution in [-0.4, -0.2) is 10.4 Å². The zero-order valence-corrected chi connectivity index (χ0v) is 11.4. The van der Waals surface area contributed by atoms with E-state index >= 15 is 0 Å². The maximum Gasteiger partial charge on any atom is 0.182 e. The number of carbonyl (C=O) groups excluding carboxylic acids is 1. The van der Waals surface area contributed by atoms with Gasteiger partial charge in [0, 0.05) is 23.9 Å². The molecule has 0 unspecified atom stereocenters. The van der Waals surface area contributed by atoms with Crippen LogP contribution in [0, 0.1) is 17.0 Å². The molecule has 1 aliphatic carbocycles. The fourth-order valence-electron chi connectivity index (χ4n) is 2.85. The van der Waals surface area contributed by atoms with Crippen LogP contribution in [0.1, 0.15) is 36.3 Å². The van der Waals surface area contributed by atoms with Crippen LogP contribution in [0.2, 0.25) is 0 Å². The van der Waals surface area contributed by atoms with Crippen LogP contribution in [0.25, 0.3) is 5.69 Å². The summed E-state index contributed by atoms with van der Waals surface area (Å²) < 4.78 is 28.9. The first-order chi connectivity index (χ1) is 9.39. The average Bonchev–Trinajstić information content (AvgIpc) is 2.75. The molecule has 104 valence electrons. The molecule has 2 nitrogen and oxygen atoms in total. The number of rotatable bonds is 1. The molecule has 2 aromatic rings. The highest BCUT2D eigenvalue weighted by Gasteiger charge is 2.33. The van der Waals surface area contributed by atoms with E-state index in [-0.39, 0.29) is 16.9 Å². The number of hydrogen-bond acceptors (Lipinski definition) is 1. The Morgan fingerprint density at radius 2 is 1.90 bits per heavy atom. The Balaban J connectivity index is 2.19. The van der Waals surface area contributed by atoms with Gasteiger partial charge < -0.3 is 4.57 Å². The first kappa shape index (κ1) is 13.0. The van der Waals surface area contributed by atoms with Crippen molar-refractivity contribution >= 4 is 5.78 Å². The molecule has 1 aromatic heterocycles. The van der Waals surface area contributed by atoms with E-state index in [1.165, 1.54) is 12.1 Å². The molecule has 0 bridgehead atoms. The highest BCUT2D eigenvalue weighted by molar-refractivity contribution is 5.99. The van der Waals surface area contributed by atoms with Crippen LogP contribution in [0.5, 0.6) is 0 Å². The van der Waals surface area contributed by atoms with E-state index in [0.29, 0.717) is 18.4 Å². The molecule has 0 saturated heterocycles. The summed E-state index contributed by atoms with van der Waals surface area (Å²) in [6.07, 6.45) is 2.79. The molecule has 0 saturated carbocycles. The van der Waals surface area contributed by atoms with Crippen LogP contribution in [0.15, 0.2) is 30.5 Å². The highest BCUT2D eigenvalue weighted by atomic mass is 19.2. The van der Waals surface area contributed by atoms with Crippen molar-refractivity contribution in [1.82, 2.24) is 4.57 Å². The van der Waals surface area contributed by atoms with Gasteiger partial charge in [0.25, 0.3) is 0 Å². The summed E-state index contributed by atoms with van der Waals surface area (Å²) in [6.45, 7) is 4.01. The number of Topliss-reactive ketones (excluding diaryl/α,β-unsaturated/α-hetero) is 1. The van der Waals surface area contributed by atoms with Gasteiger partial charge in [0.1, 0.15) is 0 Å². The number of fused-ring (bicyclic) bond motifs is 1. The molecule has 1 aliphatic rings. The predicted molar refractivity (Wildman–Crippen MR) is 72.1 cm³/mol. The van der Waals surface area contributed by atoms with Gasteiger partial charge in [-0.25, -0.2) is 8.78 Å². The lowest BCUT2D eigenvalue weighted by atomic mass is 9.76. The van der Waals surface area contributed by atoms with Crippen molar-refractivity contribution in [2.75, 3.05) is 0 Å². The van der Waals surface area contributed by atoms with Crippen molar-refractivity contribution in [3.05, 3.63) is 53.4 Å². The van der Waals surface area contributed by atoms with E-state index in [9.17, 15) is 13.6 Å². The van der Waals surface area contributed by atoms with E-state index in [2.05, 4.69) is 0 Å². The second-order valence-corrected chi connectivity index (χ2v) is 6.06. The van der Waals surface area contributed by atoms with Gasteiger partial charge in [0.15, 0.2) is 17.4 Å². The average molecular weight is 275 g/mol. The predicted octanol–water partition coefficient (Wildman–Crippen LogP) is 3.91. The minimum atomic E-state index is -0.887. The fraction of sp³-hybridized carbons (Fsp3) is 0.312. The Kier molecular flexibility index (Phi) is 2.78. The van der Waals surface area contributed by atoms with Crippen molar-refractivity contribution in [3.8, 4) is 5.69 Å². The summed E-state index contributed by atoms with van der Waals surface area (Å²) in [5, 5.41) is 0. The van der Waals surface area contributed by atoms with Gasteiger partial charge in [-0.3, -0.25) is 4.79 Å². The molecule has 1 aromatic carbocycles. The Labute approximate surface area is 116 Å². The van der Waals surface area contributed by atoms with Crippen LogP contribution in [0.3, 0.4) is 0 Å². The van der Waals surface area contributed by atoms with Gasteiger partial charge in [-0.2, -0.15) is 0 Å². The molecule has 0 fully saturated rings. The summed E-state index contributed by atoms with van der Waals surface area (Å²) in [5.41, 5.74) is 1.37. The molecule has 0 atom stereocenters. The Morgan fingerprint density at radius 1 is 1.15 bits per heavy atom. The number of nitrogens with zero attached hydrogens (tertiary/aromatic N) is 1. The van der Waals surface area contributed by atoms with Crippen molar-refractivity contribution in [3.63, 3.8) is 0 Å². The van der Waals surface area contributed by atoms with Gasteiger partial charge in [-0.15, -0.1) is 0 Å². The van der Waals surface area contributed by atoms with E-state index in [1.807, 2.05) is 13.8 Å². The summed E-state index contributed by atoms with van der Waals surface area (Å²) in [5.74, 6) is -1.71. The molecule has 0 amide bonds. The van der Waals surface area contributed by atoms with Gasteiger partial charge in [-0.1, -0.05) is 19.9 Å². The first-order valence-corrected chi connectivity index (χ1v) is 6.57. The lowest BCUT2D eigenvalue weighted by Gasteiger charge is -2.29. The molecular formula is C16H15F2NO. The third kappa shape index (κ3) is 1.96. The SMILES string of the molecule is CC1(C)CC(=O)c2ccn(-c3cccc(F)c3F)c2C1. The molecule has 1 heterocycles. The number of halogens is 2. The zero-order valence-electron chi connectivity index (χ0n) is 11.4. The third-order valence-corrected chi connectivity index (χ3v) is 3.77. The molecule has 0 N–H and O–H groups in total. The van der Waals surface area contributed by atoms with Gasteiger partial charge in [0.2, 0.25) is 0 Å².